The summed E-state index contributed by atoms with van der Waals surface area (Å²) in [7, 11) is 0. The van der Waals surface area contributed by atoms with Crippen LogP contribution in [0.3, 0.4) is 0 Å². The molecule has 1 aromatic carbocycles. The van der Waals surface area contributed by atoms with E-state index in [4.69, 9.17) is 12.2 Å². The third-order valence-electron chi connectivity index (χ3n) is 3.22. The maximum atomic E-state index is 12.6. The van der Waals surface area contributed by atoms with Gasteiger partial charge in [-0.05, 0) is 25.6 Å². The Kier molecular flexibility index (Phi) is 4.32. The van der Waals surface area contributed by atoms with E-state index in [1.807, 2.05) is 37.3 Å². The third kappa shape index (κ3) is 3.01. The summed E-state index contributed by atoms with van der Waals surface area (Å²) in [5, 5.41) is 6.84. The Morgan fingerprint density at radius 1 is 1.32 bits per heavy atom. The Bertz CT molecular complexity index is 522. The van der Waals surface area contributed by atoms with Gasteiger partial charge in [0.2, 0.25) is 0 Å². The number of thiocarbonyl (C=S) groups is 1. The molecule has 19 heavy (non-hydrogen) atoms. The van der Waals surface area contributed by atoms with E-state index in [0.717, 1.165) is 29.7 Å². The molecular formula is C15H18N2OS. The number of Topliss-reactive ketones (excluding diaryl/α,β-unsaturated/α-hetero) is 1. The molecule has 0 spiro atoms. The molecule has 1 heterocycles. The van der Waals surface area contributed by atoms with Crippen LogP contribution in [0.25, 0.3) is 0 Å². The van der Waals surface area contributed by atoms with Crippen LogP contribution in [0.15, 0.2) is 41.6 Å². The average Bonchev–Trinajstić information content (AvgIpc) is 2.39. The molecule has 1 aromatic rings. The molecule has 2 N–H and O–H groups in total. The SMILES string of the molecule is CCCC1NC(=S)NC(C)=C1C(=O)c1ccccc1. The van der Waals surface area contributed by atoms with E-state index in [-0.39, 0.29) is 11.8 Å². The fourth-order valence-electron chi connectivity index (χ4n) is 2.34. The van der Waals surface area contributed by atoms with Gasteiger partial charge in [0.05, 0.1) is 6.04 Å². The standard InChI is InChI=1S/C15H18N2OS/c1-3-7-12-13(10(2)16-15(19)17-12)14(18)11-8-5-4-6-9-11/h4-6,8-9,12H,3,7H2,1-2H3,(H2,16,17,19). The smallest absolute Gasteiger partial charge is 0.192 e. The molecule has 0 amide bonds. The Labute approximate surface area is 119 Å². The number of carbonyl (C=O) groups is 1. The van der Waals surface area contributed by atoms with Crippen molar-refractivity contribution in [1.82, 2.24) is 10.6 Å². The quantitative estimate of drug-likeness (QED) is 0.654. The lowest BCUT2D eigenvalue weighted by Gasteiger charge is -2.29. The first-order chi connectivity index (χ1) is 9.13. The molecule has 1 aliphatic rings. The lowest BCUT2D eigenvalue weighted by atomic mass is 9.92. The van der Waals surface area contributed by atoms with Crippen molar-refractivity contribution in [2.45, 2.75) is 32.7 Å². The minimum Gasteiger partial charge on any atom is -0.355 e. The van der Waals surface area contributed by atoms with E-state index >= 15 is 0 Å². The zero-order valence-electron chi connectivity index (χ0n) is 11.2. The number of hydrogen-bond donors (Lipinski definition) is 2. The first-order valence-corrected chi connectivity index (χ1v) is 6.92. The first-order valence-electron chi connectivity index (χ1n) is 6.51. The van der Waals surface area contributed by atoms with Crippen molar-refractivity contribution in [2.75, 3.05) is 0 Å². The lowest BCUT2D eigenvalue weighted by Crippen LogP contribution is -2.49. The number of nitrogens with one attached hydrogen (secondary N) is 2. The van der Waals surface area contributed by atoms with Crippen LogP contribution in [0.1, 0.15) is 37.0 Å². The number of ketones is 1. The Morgan fingerprint density at radius 2 is 2.00 bits per heavy atom. The minimum absolute atomic E-state index is 0.00598. The number of carbonyl (C=O) groups excluding carboxylic acids is 1. The first kappa shape index (κ1) is 13.7. The summed E-state index contributed by atoms with van der Waals surface area (Å²) in [4.78, 5) is 12.6. The second-order valence-corrected chi connectivity index (χ2v) is 5.08. The van der Waals surface area contributed by atoms with Crippen LogP contribution in [-0.4, -0.2) is 16.9 Å². The van der Waals surface area contributed by atoms with E-state index < -0.39 is 0 Å². The molecule has 2 rings (SSSR count). The zero-order chi connectivity index (χ0) is 13.8. The monoisotopic (exact) mass is 274 g/mol. The van der Waals surface area contributed by atoms with Crippen LogP contribution in [-0.2, 0) is 0 Å². The van der Waals surface area contributed by atoms with Gasteiger partial charge in [-0.1, -0.05) is 43.7 Å². The molecule has 1 aliphatic heterocycles. The highest BCUT2D eigenvalue weighted by Gasteiger charge is 2.28. The second-order valence-electron chi connectivity index (χ2n) is 4.67. The molecule has 0 saturated carbocycles. The molecule has 1 unspecified atom stereocenters. The topological polar surface area (TPSA) is 41.1 Å². The number of allylic oxidation sites excluding steroid dienone is 1. The Balaban J connectivity index is 2.36. The van der Waals surface area contributed by atoms with Crippen LogP contribution >= 0.6 is 12.2 Å². The van der Waals surface area contributed by atoms with Crippen molar-refractivity contribution >= 4 is 23.1 Å². The van der Waals surface area contributed by atoms with Gasteiger partial charge in [-0.2, -0.15) is 0 Å². The molecule has 3 nitrogen and oxygen atoms in total. The molecule has 0 fully saturated rings. The average molecular weight is 274 g/mol. The van der Waals surface area contributed by atoms with Crippen molar-refractivity contribution in [3.05, 3.63) is 47.2 Å². The van der Waals surface area contributed by atoms with Crippen molar-refractivity contribution in [1.29, 1.82) is 0 Å². The Hall–Kier alpha value is -1.68. The summed E-state index contributed by atoms with van der Waals surface area (Å²) in [6.07, 6.45) is 1.90. The molecular weight excluding hydrogens is 256 g/mol. The van der Waals surface area contributed by atoms with E-state index in [0.29, 0.717) is 5.11 Å². The lowest BCUT2D eigenvalue weighted by molar-refractivity contribution is 0.102. The predicted molar refractivity (Wildman–Crippen MR) is 81.0 cm³/mol. The highest BCUT2D eigenvalue weighted by atomic mass is 32.1. The number of hydrogen-bond acceptors (Lipinski definition) is 2. The summed E-state index contributed by atoms with van der Waals surface area (Å²) in [6, 6.07) is 9.37. The van der Waals surface area contributed by atoms with Crippen molar-refractivity contribution in [3.8, 4) is 0 Å². The normalized spacial score (nSPS) is 18.8. The molecule has 1 atom stereocenters. The highest BCUT2D eigenvalue weighted by Crippen LogP contribution is 2.20. The van der Waals surface area contributed by atoms with Gasteiger partial charge in [-0.3, -0.25) is 4.79 Å². The van der Waals surface area contributed by atoms with Crippen molar-refractivity contribution in [2.24, 2.45) is 0 Å². The van der Waals surface area contributed by atoms with Crippen molar-refractivity contribution < 1.29 is 4.79 Å². The summed E-state index contributed by atoms with van der Waals surface area (Å²) in [5.41, 5.74) is 2.37. The Morgan fingerprint density at radius 3 is 2.63 bits per heavy atom. The van der Waals surface area contributed by atoms with Crippen LogP contribution in [0.4, 0.5) is 0 Å². The van der Waals surface area contributed by atoms with E-state index in [1.165, 1.54) is 0 Å². The summed E-state index contributed by atoms with van der Waals surface area (Å²) < 4.78 is 0. The molecule has 0 radical (unpaired) electrons. The van der Waals surface area contributed by atoms with E-state index in [1.54, 1.807) is 0 Å². The fourth-order valence-corrected chi connectivity index (χ4v) is 2.64. The number of rotatable bonds is 4. The zero-order valence-corrected chi connectivity index (χ0v) is 12.0. The summed E-state index contributed by atoms with van der Waals surface area (Å²) in [6.45, 7) is 4.01. The van der Waals surface area contributed by atoms with Gasteiger partial charge in [-0.15, -0.1) is 0 Å². The van der Waals surface area contributed by atoms with E-state index in [2.05, 4.69) is 17.6 Å². The third-order valence-corrected chi connectivity index (χ3v) is 3.44. The highest BCUT2D eigenvalue weighted by molar-refractivity contribution is 7.80. The van der Waals surface area contributed by atoms with Gasteiger partial charge in [0.1, 0.15) is 0 Å². The largest absolute Gasteiger partial charge is 0.355 e. The maximum absolute atomic E-state index is 12.6. The molecule has 4 heteroatoms. The minimum atomic E-state index is 0.00598. The molecule has 100 valence electrons. The molecule has 0 aliphatic carbocycles. The van der Waals surface area contributed by atoms with Crippen LogP contribution in [0.2, 0.25) is 0 Å². The van der Waals surface area contributed by atoms with Gasteiger partial charge in [0.15, 0.2) is 10.9 Å². The molecule has 0 bridgehead atoms. The fraction of sp³-hybridized carbons (Fsp3) is 0.333. The maximum Gasteiger partial charge on any atom is 0.192 e. The predicted octanol–water partition coefficient (Wildman–Crippen LogP) is 2.79. The second kappa shape index (κ2) is 5.97. The molecule has 0 aromatic heterocycles. The van der Waals surface area contributed by atoms with Crippen LogP contribution in [0, 0.1) is 0 Å². The van der Waals surface area contributed by atoms with Crippen LogP contribution in [0.5, 0.6) is 0 Å². The summed E-state index contributed by atoms with van der Waals surface area (Å²) >= 11 is 5.16. The number of benzene rings is 1. The van der Waals surface area contributed by atoms with Crippen molar-refractivity contribution in [3.63, 3.8) is 0 Å². The van der Waals surface area contributed by atoms with Gasteiger partial charge in [0.25, 0.3) is 0 Å². The van der Waals surface area contributed by atoms with Gasteiger partial charge in [0, 0.05) is 16.8 Å². The van der Waals surface area contributed by atoms with E-state index in [9.17, 15) is 4.79 Å². The molecule has 0 saturated heterocycles. The van der Waals surface area contributed by atoms with Gasteiger partial charge in [-0.25, -0.2) is 0 Å². The van der Waals surface area contributed by atoms with Gasteiger partial charge >= 0.3 is 0 Å². The van der Waals surface area contributed by atoms with Crippen LogP contribution < -0.4 is 10.6 Å². The van der Waals surface area contributed by atoms with Gasteiger partial charge < -0.3 is 10.6 Å². The summed E-state index contributed by atoms with van der Waals surface area (Å²) in [5.74, 6) is 0.0686.